The molecule has 0 aromatic carbocycles. The Morgan fingerprint density at radius 3 is 3.00 bits per heavy atom. The lowest BCUT2D eigenvalue weighted by molar-refractivity contribution is 0.523. The summed E-state index contributed by atoms with van der Waals surface area (Å²) < 4.78 is 5.28. The molecule has 0 aliphatic heterocycles. The van der Waals surface area contributed by atoms with Gasteiger partial charge in [0.2, 0.25) is 5.88 Å². The molecule has 0 atom stereocenters. The molecule has 0 spiro atoms. The highest BCUT2D eigenvalue weighted by Gasteiger charge is 1.97. The Balaban J connectivity index is 2.47. The lowest BCUT2D eigenvalue weighted by Gasteiger charge is -2.03. The van der Waals surface area contributed by atoms with Crippen LogP contribution in [0.1, 0.15) is 19.8 Å². The molecule has 0 aliphatic carbocycles. The van der Waals surface area contributed by atoms with Crippen LogP contribution < -0.4 is 4.74 Å². The predicted molar refractivity (Wildman–Crippen MR) is 52.4 cm³/mol. The maximum atomic E-state index is 5.28. The third-order valence-electron chi connectivity index (χ3n) is 1.31. The van der Waals surface area contributed by atoms with Crippen LogP contribution in [-0.4, -0.2) is 10.0 Å². The zero-order valence-corrected chi connectivity index (χ0v) is 7.80. The van der Waals surface area contributed by atoms with Gasteiger partial charge in [-0.05, 0) is 24.7 Å². The van der Waals surface area contributed by atoms with Crippen molar-refractivity contribution in [2.75, 3.05) is 0 Å². The van der Waals surface area contributed by atoms with E-state index in [4.69, 9.17) is 17.0 Å². The van der Waals surface area contributed by atoms with E-state index in [9.17, 15) is 0 Å². The molecule has 0 saturated heterocycles. The molecule has 64 valence electrons. The normalized spacial score (nSPS) is 9.42. The summed E-state index contributed by atoms with van der Waals surface area (Å²) in [7, 11) is 0. The fourth-order valence-corrected chi connectivity index (χ4v) is 1.07. The molecular formula is C9H11NOS. The largest absolute Gasteiger partial charge is 0.432 e. The van der Waals surface area contributed by atoms with Gasteiger partial charge >= 0.3 is 0 Å². The van der Waals surface area contributed by atoms with Crippen LogP contribution in [0.3, 0.4) is 0 Å². The highest BCUT2D eigenvalue weighted by molar-refractivity contribution is 7.80. The van der Waals surface area contributed by atoms with E-state index in [1.165, 1.54) is 0 Å². The summed E-state index contributed by atoms with van der Waals surface area (Å²) >= 11 is 4.97. The Morgan fingerprint density at radius 2 is 2.42 bits per heavy atom. The van der Waals surface area contributed by atoms with Gasteiger partial charge in [0.05, 0.1) is 0 Å². The molecular weight excluding hydrogens is 170 g/mol. The van der Waals surface area contributed by atoms with Gasteiger partial charge in [-0.2, -0.15) is 0 Å². The lowest BCUT2D eigenvalue weighted by Crippen LogP contribution is -2.04. The van der Waals surface area contributed by atoms with Crippen molar-refractivity contribution in [1.82, 2.24) is 4.98 Å². The number of ether oxygens (including phenoxy) is 1. The summed E-state index contributed by atoms with van der Waals surface area (Å²) in [6.07, 6.45) is 3.50. The first-order valence-corrected chi connectivity index (χ1v) is 4.35. The number of hydrogen-bond donors (Lipinski definition) is 0. The van der Waals surface area contributed by atoms with Gasteiger partial charge in [0.1, 0.15) is 0 Å². The minimum absolute atomic E-state index is 0.580. The molecule has 0 aliphatic rings. The highest BCUT2D eigenvalue weighted by Crippen LogP contribution is 2.05. The molecule has 2 nitrogen and oxygen atoms in total. The summed E-state index contributed by atoms with van der Waals surface area (Å²) in [5.41, 5.74) is 0. The Labute approximate surface area is 77.6 Å². The number of aromatic nitrogens is 1. The summed E-state index contributed by atoms with van der Waals surface area (Å²) in [5, 5.41) is 0.608. The highest BCUT2D eigenvalue weighted by atomic mass is 32.1. The second-order valence-electron chi connectivity index (χ2n) is 2.39. The van der Waals surface area contributed by atoms with E-state index in [0.29, 0.717) is 10.9 Å². The van der Waals surface area contributed by atoms with Crippen LogP contribution in [0.5, 0.6) is 5.88 Å². The quantitative estimate of drug-likeness (QED) is 0.669. The van der Waals surface area contributed by atoms with Crippen molar-refractivity contribution in [1.29, 1.82) is 0 Å². The summed E-state index contributed by atoms with van der Waals surface area (Å²) in [5.74, 6) is 0.580. The predicted octanol–water partition coefficient (Wildman–Crippen LogP) is 2.59. The van der Waals surface area contributed by atoms with Crippen LogP contribution >= 0.6 is 12.2 Å². The number of rotatable bonds is 3. The fourth-order valence-electron chi connectivity index (χ4n) is 0.779. The van der Waals surface area contributed by atoms with Crippen molar-refractivity contribution in [3.05, 3.63) is 24.4 Å². The van der Waals surface area contributed by atoms with E-state index >= 15 is 0 Å². The first-order valence-electron chi connectivity index (χ1n) is 3.94. The van der Waals surface area contributed by atoms with Crippen molar-refractivity contribution < 1.29 is 4.74 Å². The van der Waals surface area contributed by atoms with Gasteiger partial charge in [-0.3, -0.25) is 0 Å². The Bertz CT molecular complexity index is 248. The smallest absolute Gasteiger partial charge is 0.219 e. The molecule has 1 rings (SSSR count). The van der Waals surface area contributed by atoms with Crippen molar-refractivity contribution in [2.24, 2.45) is 0 Å². The number of hydrogen-bond acceptors (Lipinski definition) is 3. The minimum atomic E-state index is 0.580. The van der Waals surface area contributed by atoms with Crippen LogP contribution in [0.2, 0.25) is 0 Å². The van der Waals surface area contributed by atoms with E-state index in [-0.39, 0.29) is 0 Å². The summed E-state index contributed by atoms with van der Waals surface area (Å²) in [6, 6.07) is 5.51. The van der Waals surface area contributed by atoms with E-state index < -0.39 is 0 Å². The van der Waals surface area contributed by atoms with E-state index in [0.717, 1.165) is 12.8 Å². The molecule has 0 bridgehead atoms. The molecule has 0 radical (unpaired) electrons. The van der Waals surface area contributed by atoms with Crippen LogP contribution in [-0.2, 0) is 0 Å². The van der Waals surface area contributed by atoms with E-state index in [1.807, 2.05) is 12.1 Å². The monoisotopic (exact) mass is 181 g/mol. The minimum Gasteiger partial charge on any atom is -0.432 e. The van der Waals surface area contributed by atoms with Gasteiger partial charge in [-0.25, -0.2) is 4.98 Å². The van der Waals surface area contributed by atoms with Gasteiger partial charge in [0.25, 0.3) is 0 Å². The first-order chi connectivity index (χ1) is 5.83. The fraction of sp³-hybridized carbons (Fsp3) is 0.333. The Hall–Kier alpha value is -0.960. The maximum Gasteiger partial charge on any atom is 0.219 e. The van der Waals surface area contributed by atoms with Gasteiger partial charge in [0, 0.05) is 18.7 Å². The molecule has 1 heterocycles. The van der Waals surface area contributed by atoms with E-state index in [2.05, 4.69) is 11.9 Å². The van der Waals surface area contributed by atoms with Crippen molar-refractivity contribution in [3.63, 3.8) is 0 Å². The standard InChI is InChI=1S/C9H11NOS/c1-2-5-9(12)11-8-6-3-4-7-10-8/h3-4,6-7H,2,5H2,1H3. The zero-order valence-electron chi connectivity index (χ0n) is 6.99. The van der Waals surface area contributed by atoms with Crippen LogP contribution in [0.15, 0.2) is 24.4 Å². The number of thiocarbonyl (C=S) groups is 1. The van der Waals surface area contributed by atoms with Gasteiger partial charge in [-0.15, -0.1) is 0 Å². The molecule has 0 fully saturated rings. The molecule has 3 heteroatoms. The van der Waals surface area contributed by atoms with Gasteiger partial charge in [0.15, 0.2) is 5.05 Å². The zero-order chi connectivity index (χ0) is 8.81. The third kappa shape index (κ3) is 2.96. The molecule has 0 saturated carbocycles. The molecule has 1 aromatic rings. The average molecular weight is 181 g/mol. The van der Waals surface area contributed by atoms with Crippen molar-refractivity contribution in [2.45, 2.75) is 19.8 Å². The maximum absolute atomic E-state index is 5.28. The molecule has 0 amide bonds. The van der Waals surface area contributed by atoms with Crippen LogP contribution in [0.4, 0.5) is 0 Å². The van der Waals surface area contributed by atoms with Gasteiger partial charge < -0.3 is 4.74 Å². The molecule has 0 unspecified atom stereocenters. The molecule has 12 heavy (non-hydrogen) atoms. The summed E-state index contributed by atoms with van der Waals surface area (Å²) in [6.45, 7) is 2.06. The summed E-state index contributed by atoms with van der Waals surface area (Å²) in [4.78, 5) is 3.99. The SMILES string of the molecule is CCCC(=S)Oc1ccccn1. The van der Waals surface area contributed by atoms with Crippen LogP contribution in [0, 0.1) is 0 Å². The molecule has 1 aromatic heterocycles. The third-order valence-corrected chi connectivity index (χ3v) is 1.60. The Morgan fingerprint density at radius 1 is 1.58 bits per heavy atom. The second kappa shape index (κ2) is 4.83. The van der Waals surface area contributed by atoms with Crippen molar-refractivity contribution in [3.8, 4) is 5.88 Å². The van der Waals surface area contributed by atoms with Crippen molar-refractivity contribution >= 4 is 17.3 Å². The van der Waals surface area contributed by atoms with E-state index in [1.54, 1.807) is 12.3 Å². The molecule has 0 N–H and O–H groups in total. The van der Waals surface area contributed by atoms with Crippen LogP contribution in [0.25, 0.3) is 0 Å². The topological polar surface area (TPSA) is 22.1 Å². The second-order valence-corrected chi connectivity index (χ2v) is 2.85. The number of nitrogens with zero attached hydrogens (tertiary/aromatic N) is 1. The number of pyridine rings is 1. The lowest BCUT2D eigenvalue weighted by atomic mass is 10.4. The average Bonchev–Trinajstić information content (AvgIpc) is 2.06. The first kappa shape index (κ1) is 9.13. The van der Waals surface area contributed by atoms with Gasteiger partial charge in [-0.1, -0.05) is 13.0 Å². The Kier molecular flexibility index (Phi) is 3.67.